The zero-order valence-corrected chi connectivity index (χ0v) is 24.5. The van der Waals surface area contributed by atoms with Crippen molar-refractivity contribution in [2.75, 3.05) is 18.2 Å². The van der Waals surface area contributed by atoms with Crippen LogP contribution in [0, 0.1) is 11.3 Å². The van der Waals surface area contributed by atoms with Crippen molar-refractivity contribution in [3.8, 4) is 11.8 Å². The average molecular weight is 636 g/mol. The first kappa shape index (κ1) is 33.5. The predicted octanol–water partition coefficient (Wildman–Crippen LogP) is 6.69. The number of anilines is 1. The number of halogens is 6. The third-order valence-electron chi connectivity index (χ3n) is 7.45. The molecule has 1 aromatic heterocycles. The molecule has 0 spiro atoms. The van der Waals surface area contributed by atoms with Gasteiger partial charge >= 0.3 is 18.3 Å². The number of nitrogens with two attached hydrogens (primary N) is 1. The number of carbonyl (C=O) groups excluding carboxylic acids is 1. The Balaban J connectivity index is 1.77. The van der Waals surface area contributed by atoms with E-state index < -0.39 is 35.4 Å². The number of benzene rings is 2. The molecule has 8 nitrogen and oxygen atoms in total. The maximum Gasteiger partial charge on any atom is 0.416 e. The fourth-order valence-electron chi connectivity index (χ4n) is 5.25. The number of carbonyl (C=O) groups is 1. The average Bonchev–Trinajstić information content (AvgIpc) is 2.99. The second-order valence-electron chi connectivity index (χ2n) is 10.5. The summed E-state index contributed by atoms with van der Waals surface area (Å²) in [5, 5.41) is 10.8. The van der Waals surface area contributed by atoms with Gasteiger partial charge in [-0.15, -0.1) is 0 Å². The third-order valence-corrected chi connectivity index (χ3v) is 7.45. The highest BCUT2D eigenvalue weighted by atomic mass is 19.4. The number of rotatable bonds is 10. The Bertz CT molecular complexity index is 1570. The summed E-state index contributed by atoms with van der Waals surface area (Å²) in [6.07, 6.45) is -7.02. The van der Waals surface area contributed by atoms with E-state index in [4.69, 9.17) is 15.3 Å². The van der Waals surface area contributed by atoms with Crippen molar-refractivity contribution in [2.24, 2.45) is 5.84 Å². The molecule has 240 valence electrons. The number of nitrogens with zero attached hydrogens (tertiary/aromatic N) is 4. The van der Waals surface area contributed by atoms with Crippen molar-refractivity contribution in [1.82, 2.24) is 9.97 Å². The van der Waals surface area contributed by atoms with E-state index in [1.54, 1.807) is 13.0 Å². The van der Waals surface area contributed by atoms with Crippen LogP contribution < -0.4 is 15.6 Å². The number of fused-ring (bicyclic) bond motifs is 1. The first-order valence-corrected chi connectivity index (χ1v) is 14.3. The Morgan fingerprint density at radius 3 is 2.47 bits per heavy atom. The van der Waals surface area contributed by atoms with Gasteiger partial charge in [0.1, 0.15) is 5.82 Å². The van der Waals surface area contributed by atoms with Gasteiger partial charge in [-0.1, -0.05) is 6.92 Å². The summed E-state index contributed by atoms with van der Waals surface area (Å²) in [4.78, 5) is 20.8. The fourth-order valence-corrected chi connectivity index (χ4v) is 5.25. The molecule has 0 unspecified atom stereocenters. The maximum absolute atomic E-state index is 13.7. The van der Waals surface area contributed by atoms with Gasteiger partial charge in [-0.05, 0) is 73.7 Å². The molecule has 2 atom stereocenters. The minimum absolute atomic E-state index is 0.0296. The van der Waals surface area contributed by atoms with Crippen LogP contribution in [0.4, 0.5) is 32.0 Å². The van der Waals surface area contributed by atoms with Crippen LogP contribution in [0.5, 0.6) is 5.75 Å². The lowest BCUT2D eigenvalue weighted by Crippen LogP contribution is -2.45. The molecule has 0 bridgehead atoms. The highest BCUT2D eigenvalue weighted by molar-refractivity contribution is 5.69. The third kappa shape index (κ3) is 8.02. The van der Waals surface area contributed by atoms with Gasteiger partial charge in [0, 0.05) is 24.8 Å². The van der Waals surface area contributed by atoms with Gasteiger partial charge < -0.3 is 14.5 Å². The van der Waals surface area contributed by atoms with E-state index >= 15 is 0 Å². The highest BCUT2D eigenvalue weighted by Crippen LogP contribution is 2.43. The summed E-state index contributed by atoms with van der Waals surface area (Å²) in [5.74, 6) is 5.40. The zero-order valence-electron chi connectivity index (χ0n) is 24.5. The van der Waals surface area contributed by atoms with Crippen molar-refractivity contribution in [1.29, 1.82) is 5.26 Å². The van der Waals surface area contributed by atoms with E-state index in [-0.39, 0.29) is 78.9 Å². The first-order valence-electron chi connectivity index (χ1n) is 14.3. The maximum atomic E-state index is 13.7. The number of aromatic nitrogens is 2. The van der Waals surface area contributed by atoms with Gasteiger partial charge in [0.15, 0.2) is 5.75 Å². The van der Waals surface area contributed by atoms with Crippen LogP contribution in [0.15, 0.2) is 42.6 Å². The molecule has 0 saturated heterocycles. The van der Waals surface area contributed by atoms with E-state index in [1.807, 2.05) is 6.92 Å². The van der Waals surface area contributed by atoms with Gasteiger partial charge in [-0.3, -0.25) is 4.79 Å². The molecule has 2 aromatic carbocycles. The largest absolute Gasteiger partial charge is 0.490 e. The number of esters is 1. The van der Waals surface area contributed by atoms with Crippen LogP contribution in [0.2, 0.25) is 0 Å². The summed E-state index contributed by atoms with van der Waals surface area (Å²) in [6.45, 7) is 3.81. The summed E-state index contributed by atoms with van der Waals surface area (Å²) in [6, 6.07) is 7.69. The summed E-state index contributed by atoms with van der Waals surface area (Å²) >= 11 is 0. The van der Waals surface area contributed by atoms with Crippen molar-refractivity contribution < 1.29 is 40.6 Å². The van der Waals surface area contributed by atoms with Gasteiger partial charge in [0.05, 0.1) is 53.6 Å². The normalized spacial score (nSPS) is 16.6. The van der Waals surface area contributed by atoms with Crippen LogP contribution in [-0.2, 0) is 28.3 Å². The Labute approximate surface area is 255 Å². The Kier molecular flexibility index (Phi) is 10.2. The minimum Gasteiger partial charge on any atom is -0.490 e. The van der Waals surface area contributed by atoms with Crippen LogP contribution >= 0.6 is 0 Å². The SMILES string of the molecule is CCOC(=O)CCCOc1cnc([C@H]2C[C@@H](CC)N(N)c3ccc(C(F)(F)F)cc32)nc1Cc1cc(C#N)cc(C(F)(F)F)c1. The lowest BCUT2D eigenvalue weighted by Gasteiger charge is -2.39. The number of hydrogen-bond acceptors (Lipinski definition) is 8. The lowest BCUT2D eigenvalue weighted by atomic mass is 9.84. The topological polar surface area (TPSA) is 114 Å². The molecule has 1 aliphatic heterocycles. The van der Waals surface area contributed by atoms with Crippen LogP contribution in [-0.4, -0.2) is 35.2 Å². The van der Waals surface area contributed by atoms with E-state index in [2.05, 4.69) is 9.97 Å². The molecule has 0 aliphatic carbocycles. The predicted molar refractivity (Wildman–Crippen MR) is 151 cm³/mol. The van der Waals surface area contributed by atoms with Crippen molar-refractivity contribution in [2.45, 2.75) is 70.3 Å². The number of nitriles is 1. The highest BCUT2D eigenvalue weighted by Gasteiger charge is 2.37. The van der Waals surface area contributed by atoms with Crippen molar-refractivity contribution >= 4 is 11.7 Å². The fraction of sp³-hybridized carbons (Fsp3) is 0.419. The summed E-state index contributed by atoms with van der Waals surface area (Å²) in [7, 11) is 0. The van der Waals surface area contributed by atoms with E-state index in [0.29, 0.717) is 12.1 Å². The van der Waals surface area contributed by atoms with Crippen LogP contribution in [0.25, 0.3) is 0 Å². The summed E-state index contributed by atoms with van der Waals surface area (Å²) < 4.78 is 92.6. The molecule has 3 aromatic rings. The Morgan fingerprint density at radius 2 is 1.82 bits per heavy atom. The quantitative estimate of drug-likeness (QED) is 0.113. The van der Waals surface area contributed by atoms with Crippen molar-refractivity contribution in [3.63, 3.8) is 0 Å². The second-order valence-corrected chi connectivity index (χ2v) is 10.5. The second kappa shape index (κ2) is 13.7. The van der Waals surface area contributed by atoms with Gasteiger partial charge in [-0.2, -0.15) is 31.6 Å². The smallest absolute Gasteiger partial charge is 0.416 e. The molecule has 1 aliphatic rings. The molecule has 2 N–H and O–H groups in total. The molecule has 45 heavy (non-hydrogen) atoms. The number of hydrazine groups is 1. The monoisotopic (exact) mass is 635 g/mol. The molecule has 0 fully saturated rings. The summed E-state index contributed by atoms with van der Waals surface area (Å²) in [5.41, 5.74) is -1.17. The van der Waals surface area contributed by atoms with Crippen molar-refractivity contribution in [3.05, 3.63) is 81.9 Å². The van der Waals surface area contributed by atoms with Gasteiger partial charge in [0.2, 0.25) is 0 Å². The molecule has 0 radical (unpaired) electrons. The molecule has 2 heterocycles. The molecule has 0 amide bonds. The standard InChI is InChI=1S/C31H31F6N5O3/c1-3-22-15-24(23-14-20(30(32,33)34)7-8-26(23)42(22)39)29-40-17-27(45-9-5-6-28(43)44-4-2)25(41-29)13-18-10-19(16-38)12-21(11-18)31(35,36)37/h7-8,10-12,14,17,22,24H,3-6,9,13,15,39H2,1-2H3/t22-,24+/m1/s1. The molecule has 0 saturated carbocycles. The van der Waals surface area contributed by atoms with Crippen LogP contribution in [0.1, 0.15) is 84.8 Å². The molecule has 14 heteroatoms. The number of alkyl halides is 6. The Morgan fingerprint density at radius 1 is 1.09 bits per heavy atom. The number of ether oxygens (including phenoxy) is 2. The minimum atomic E-state index is -4.71. The Hall–Kier alpha value is -4.38. The van der Waals surface area contributed by atoms with E-state index in [0.717, 1.165) is 24.3 Å². The molecular formula is C31H31F6N5O3. The first-order chi connectivity index (χ1) is 21.2. The molecular weight excluding hydrogens is 604 g/mol. The van der Waals surface area contributed by atoms with E-state index in [1.165, 1.54) is 23.3 Å². The zero-order chi connectivity index (χ0) is 32.9. The van der Waals surface area contributed by atoms with Gasteiger partial charge in [0.25, 0.3) is 0 Å². The van der Waals surface area contributed by atoms with Gasteiger partial charge in [-0.25, -0.2) is 15.8 Å². The number of hydrogen-bond donors (Lipinski definition) is 1. The lowest BCUT2D eigenvalue weighted by molar-refractivity contribution is -0.143. The van der Waals surface area contributed by atoms with Crippen LogP contribution in [0.3, 0.4) is 0 Å². The molecule has 4 rings (SSSR count). The van der Waals surface area contributed by atoms with E-state index in [9.17, 15) is 36.4 Å².